The molecule has 1 atom stereocenters. The number of ether oxygens (including phenoxy) is 1. The molecule has 2 aromatic carbocycles. The maximum atomic E-state index is 13.2. The van der Waals surface area contributed by atoms with E-state index >= 15 is 0 Å². The summed E-state index contributed by atoms with van der Waals surface area (Å²) in [6.45, 7) is -0.376. The predicted molar refractivity (Wildman–Crippen MR) is 135 cm³/mol. The van der Waals surface area contributed by atoms with Crippen LogP contribution in [0.5, 0.6) is 0 Å². The zero-order valence-electron chi connectivity index (χ0n) is 20.0. The Morgan fingerprint density at radius 1 is 0.946 bits per heavy atom. The number of carboxylic acid groups (broad SMARTS) is 1. The van der Waals surface area contributed by atoms with Crippen LogP contribution >= 0.6 is 0 Å². The molecule has 0 aliphatic carbocycles. The summed E-state index contributed by atoms with van der Waals surface area (Å²) in [6.07, 6.45) is -0.261. The van der Waals surface area contributed by atoms with Gasteiger partial charge in [-0.15, -0.1) is 0 Å². The van der Waals surface area contributed by atoms with Crippen molar-refractivity contribution in [2.45, 2.75) is 31.8 Å². The Morgan fingerprint density at radius 3 is 2.22 bits per heavy atom. The van der Waals surface area contributed by atoms with Crippen molar-refractivity contribution in [2.75, 3.05) is 11.9 Å². The molecule has 0 spiro atoms. The molecular formula is C27H27N3O7. The Morgan fingerprint density at radius 2 is 1.59 bits per heavy atom. The summed E-state index contributed by atoms with van der Waals surface area (Å²) >= 11 is 0. The zero-order valence-corrected chi connectivity index (χ0v) is 20.0. The summed E-state index contributed by atoms with van der Waals surface area (Å²) in [5.74, 6) is -1.98. The van der Waals surface area contributed by atoms with Gasteiger partial charge in [-0.05, 0) is 23.3 Å². The SMILES string of the molecule is O=CC(CC(=O)O)NC(=O)Cn1c(Cc2ccccc2)ccc(NC(=O)OCCc2ccccc2)c1=O. The third-order valence-corrected chi connectivity index (χ3v) is 5.40. The second-order valence-corrected chi connectivity index (χ2v) is 8.20. The fourth-order valence-electron chi connectivity index (χ4n) is 3.61. The van der Waals surface area contributed by atoms with Crippen molar-refractivity contribution < 1.29 is 29.0 Å². The van der Waals surface area contributed by atoms with Crippen molar-refractivity contribution in [1.82, 2.24) is 9.88 Å². The van der Waals surface area contributed by atoms with Crippen LogP contribution in [0, 0.1) is 0 Å². The van der Waals surface area contributed by atoms with Gasteiger partial charge in [-0.25, -0.2) is 4.79 Å². The van der Waals surface area contributed by atoms with Crippen LogP contribution in [-0.4, -0.2) is 46.6 Å². The number of nitrogens with zero attached hydrogens (tertiary/aromatic N) is 1. The molecule has 0 radical (unpaired) electrons. The first-order valence-electron chi connectivity index (χ1n) is 11.6. The largest absolute Gasteiger partial charge is 0.481 e. The van der Waals surface area contributed by atoms with Crippen molar-refractivity contribution >= 4 is 29.9 Å². The van der Waals surface area contributed by atoms with Crippen molar-refractivity contribution in [3.05, 3.63) is 100.0 Å². The molecule has 0 fully saturated rings. The highest BCUT2D eigenvalue weighted by Crippen LogP contribution is 2.12. The minimum atomic E-state index is -1.25. The molecule has 192 valence electrons. The van der Waals surface area contributed by atoms with Crippen LogP contribution in [-0.2, 0) is 38.5 Å². The van der Waals surface area contributed by atoms with E-state index in [2.05, 4.69) is 10.6 Å². The molecule has 3 aromatic rings. The third kappa shape index (κ3) is 8.46. The summed E-state index contributed by atoms with van der Waals surface area (Å²) < 4.78 is 6.36. The van der Waals surface area contributed by atoms with Gasteiger partial charge in [0.1, 0.15) is 18.5 Å². The van der Waals surface area contributed by atoms with Gasteiger partial charge in [0.25, 0.3) is 5.56 Å². The molecule has 0 bridgehead atoms. The third-order valence-electron chi connectivity index (χ3n) is 5.40. The van der Waals surface area contributed by atoms with Gasteiger partial charge in [0.2, 0.25) is 5.91 Å². The average molecular weight is 506 g/mol. The first kappa shape index (κ1) is 26.9. The minimum Gasteiger partial charge on any atom is -0.481 e. The lowest BCUT2D eigenvalue weighted by Crippen LogP contribution is -2.41. The van der Waals surface area contributed by atoms with Gasteiger partial charge < -0.3 is 24.5 Å². The van der Waals surface area contributed by atoms with Crippen molar-refractivity contribution in [3.63, 3.8) is 0 Å². The summed E-state index contributed by atoms with van der Waals surface area (Å²) in [4.78, 5) is 60.2. The first-order valence-corrected chi connectivity index (χ1v) is 11.6. The van der Waals surface area contributed by atoms with Gasteiger partial charge in [0.05, 0.1) is 19.1 Å². The van der Waals surface area contributed by atoms with Crippen LogP contribution < -0.4 is 16.2 Å². The molecule has 2 amide bonds. The van der Waals surface area contributed by atoms with Gasteiger partial charge in [0.15, 0.2) is 0 Å². The molecule has 10 nitrogen and oxygen atoms in total. The van der Waals surface area contributed by atoms with E-state index in [0.29, 0.717) is 24.8 Å². The van der Waals surface area contributed by atoms with Crippen molar-refractivity contribution in [1.29, 1.82) is 0 Å². The Labute approximate surface area is 212 Å². The van der Waals surface area contributed by atoms with E-state index in [0.717, 1.165) is 11.1 Å². The summed E-state index contributed by atoms with van der Waals surface area (Å²) in [7, 11) is 0. The van der Waals surface area contributed by atoms with Crippen LogP contribution in [0.1, 0.15) is 23.2 Å². The lowest BCUT2D eigenvalue weighted by atomic mass is 10.1. The number of rotatable bonds is 12. The topological polar surface area (TPSA) is 144 Å². The monoisotopic (exact) mass is 505 g/mol. The number of aldehydes is 1. The molecule has 0 saturated heterocycles. The average Bonchev–Trinajstić information content (AvgIpc) is 2.88. The molecular weight excluding hydrogens is 478 g/mol. The molecule has 1 unspecified atom stereocenters. The Bertz CT molecular complexity index is 1290. The molecule has 10 heteroatoms. The molecule has 3 N–H and O–H groups in total. The molecule has 3 rings (SSSR count). The number of aliphatic carboxylic acids is 1. The van der Waals surface area contributed by atoms with Gasteiger partial charge in [-0.3, -0.25) is 19.7 Å². The zero-order chi connectivity index (χ0) is 26.6. The molecule has 37 heavy (non-hydrogen) atoms. The van der Waals surface area contributed by atoms with E-state index in [1.807, 2.05) is 60.7 Å². The van der Waals surface area contributed by atoms with Crippen molar-refractivity contribution in [2.24, 2.45) is 0 Å². The second-order valence-electron chi connectivity index (χ2n) is 8.20. The van der Waals surface area contributed by atoms with Gasteiger partial charge in [0, 0.05) is 18.5 Å². The summed E-state index contributed by atoms with van der Waals surface area (Å²) in [5, 5.41) is 13.6. The number of hydrogen-bond acceptors (Lipinski definition) is 6. The van der Waals surface area contributed by atoms with Crippen LogP contribution in [0.2, 0.25) is 0 Å². The normalized spacial score (nSPS) is 11.2. The number of carboxylic acids is 1. The quantitative estimate of drug-likeness (QED) is 0.321. The minimum absolute atomic E-state index is 0.0909. The number of nitrogens with one attached hydrogen (secondary N) is 2. The molecule has 0 saturated carbocycles. The highest BCUT2D eigenvalue weighted by atomic mass is 16.5. The summed E-state index contributed by atoms with van der Waals surface area (Å²) in [6, 6.07) is 20.5. The van der Waals surface area contributed by atoms with E-state index in [4.69, 9.17) is 9.84 Å². The maximum absolute atomic E-state index is 13.2. The Kier molecular flexibility index (Phi) is 9.72. The molecule has 0 aliphatic heterocycles. The Balaban J connectivity index is 1.76. The fraction of sp³-hybridized carbons (Fsp3) is 0.222. The lowest BCUT2D eigenvalue weighted by Gasteiger charge is -2.17. The highest BCUT2D eigenvalue weighted by Gasteiger charge is 2.19. The molecule has 1 heterocycles. The predicted octanol–water partition coefficient (Wildman–Crippen LogP) is 2.39. The standard InChI is InChI=1S/C27H27N3O7/c31-18-21(16-25(33)34)28-24(32)17-30-22(15-20-9-5-2-6-10-20)11-12-23(26(30)35)29-27(36)37-14-13-19-7-3-1-4-8-19/h1-12,18,21H,13-17H2,(H,28,32)(H,29,36)(H,33,34). The number of hydrogen-bond donors (Lipinski definition) is 3. The van der Waals surface area contributed by atoms with Gasteiger partial charge in [-0.2, -0.15) is 0 Å². The fourth-order valence-corrected chi connectivity index (χ4v) is 3.61. The summed E-state index contributed by atoms with van der Waals surface area (Å²) in [5.41, 5.74) is 1.62. The molecule has 0 aliphatic rings. The van der Waals surface area contributed by atoms with Crippen LogP contribution in [0.4, 0.5) is 10.5 Å². The number of benzene rings is 2. The van der Waals surface area contributed by atoms with Crippen LogP contribution in [0.25, 0.3) is 0 Å². The van der Waals surface area contributed by atoms with E-state index in [9.17, 15) is 24.0 Å². The Hall–Kier alpha value is -4.73. The number of aromatic nitrogens is 1. The maximum Gasteiger partial charge on any atom is 0.411 e. The number of carbonyl (C=O) groups excluding carboxylic acids is 3. The van der Waals surface area contributed by atoms with E-state index in [-0.39, 0.29) is 12.3 Å². The number of pyridine rings is 1. The van der Waals surface area contributed by atoms with E-state index in [1.165, 1.54) is 10.6 Å². The highest BCUT2D eigenvalue weighted by molar-refractivity contribution is 5.85. The van der Waals surface area contributed by atoms with Gasteiger partial charge >= 0.3 is 12.1 Å². The number of carbonyl (C=O) groups is 4. The lowest BCUT2D eigenvalue weighted by molar-refractivity contribution is -0.138. The molecule has 1 aromatic heterocycles. The smallest absolute Gasteiger partial charge is 0.411 e. The van der Waals surface area contributed by atoms with Crippen LogP contribution in [0.15, 0.2) is 77.6 Å². The van der Waals surface area contributed by atoms with Crippen molar-refractivity contribution in [3.8, 4) is 0 Å². The van der Waals surface area contributed by atoms with Crippen LogP contribution in [0.3, 0.4) is 0 Å². The number of amides is 2. The first-order chi connectivity index (χ1) is 17.9. The van der Waals surface area contributed by atoms with E-state index < -0.39 is 42.5 Å². The second kappa shape index (κ2) is 13.4. The van der Waals surface area contributed by atoms with E-state index in [1.54, 1.807) is 6.07 Å². The number of anilines is 1. The van der Waals surface area contributed by atoms with Gasteiger partial charge in [-0.1, -0.05) is 60.7 Å².